The fourth-order valence-electron chi connectivity index (χ4n) is 2.77. The smallest absolute Gasteiger partial charge is 0.237 e. The van der Waals surface area contributed by atoms with Gasteiger partial charge in [0.25, 0.3) is 0 Å². The fraction of sp³-hybridized carbons (Fsp3) is 0.130. The Morgan fingerprint density at radius 2 is 1.59 bits per heavy atom. The van der Waals surface area contributed by atoms with Gasteiger partial charge < -0.3 is 5.32 Å². The van der Waals surface area contributed by atoms with E-state index < -0.39 is 0 Å². The van der Waals surface area contributed by atoms with Crippen molar-refractivity contribution in [1.29, 1.82) is 0 Å². The zero-order chi connectivity index (χ0) is 20.8. The van der Waals surface area contributed by atoms with Gasteiger partial charge in [0, 0.05) is 26.1 Å². The number of ketones is 1. The Bertz CT molecular complexity index is 1010. The molecule has 0 aliphatic rings. The monoisotopic (exact) mass is 443 g/mol. The Labute approximate surface area is 184 Å². The van der Waals surface area contributed by atoms with E-state index in [2.05, 4.69) is 5.32 Å². The number of carbonyl (C=O) groups excluding carboxylic acids is 2. The van der Waals surface area contributed by atoms with Crippen molar-refractivity contribution in [2.75, 3.05) is 5.32 Å². The molecule has 29 heavy (non-hydrogen) atoms. The fourth-order valence-corrected chi connectivity index (χ4v) is 4.02. The molecule has 0 aliphatic carbocycles. The van der Waals surface area contributed by atoms with Gasteiger partial charge in [0.15, 0.2) is 5.78 Å². The lowest BCUT2D eigenvalue weighted by atomic mass is 10.0. The van der Waals surface area contributed by atoms with Gasteiger partial charge in [0.1, 0.15) is 0 Å². The highest BCUT2D eigenvalue weighted by Gasteiger charge is 2.21. The minimum atomic E-state index is -0.313. The van der Waals surface area contributed by atoms with E-state index in [9.17, 15) is 9.59 Å². The Hall–Kier alpha value is -2.27. The molecule has 0 saturated heterocycles. The van der Waals surface area contributed by atoms with Crippen LogP contribution in [0.3, 0.4) is 0 Å². The molecular formula is C23H19Cl2NO2S. The van der Waals surface area contributed by atoms with Crippen molar-refractivity contribution in [3.8, 4) is 0 Å². The molecule has 6 heteroatoms. The van der Waals surface area contributed by atoms with Gasteiger partial charge in [-0.05, 0) is 48.9 Å². The minimum Gasteiger partial charge on any atom is -0.324 e. The Morgan fingerprint density at radius 1 is 0.931 bits per heavy atom. The number of thioether (sulfide) groups is 1. The Kier molecular flexibility index (Phi) is 7.37. The molecule has 1 N–H and O–H groups in total. The first-order chi connectivity index (χ1) is 14.0. The number of carbonyl (C=O) groups is 2. The summed E-state index contributed by atoms with van der Waals surface area (Å²) in [5.74, 6) is -0.362. The number of amides is 1. The summed E-state index contributed by atoms with van der Waals surface area (Å²) in [7, 11) is 0. The van der Waals surface area contributed by atoms with Crippen LogP contribution in [-0.4, -0.2) is 16.9 Å². The number of halogens is 2. The maximum atomic E-state index is 12.9. The summed E-state index contributed by atoms with van der Waals surface area (Å²) in [6, 6.07) is 21.2. The third-order valence-electron chi connectivity index (χ3n) is 4.28. The zero-order valence-corrected chi connectivity index (χ0v) is 18.0. The molecule has 0 radical (unpaired) electrons. The van der Waals surface area contributed by atoms with E-state index in [4.69, 9.17) is 23.2 Å². The van der Waals surface area contributed by atoms with Crippen molar-refractivity contribution in [3.05, 3.63) is 94.0 Å². The molecule has 3 rings (SSSR count). The van der Waals surface area contributed by atoms with Crippen molar-refractivity contribution >= 4 is 52.3 Å². The van der Waals surface area contributed by atoms with Crippen LogP contribution in [0.1, 0.15) is 29.3 Å². The SMILES string of the molecule is CC[C@@H](Sc1ccc(Cl)cc1)C(=O)Nc1ccc(Cl)cc1C(=O)c1ccccc1. The minimum absolute atomic E-state index is 0.170. The number of nitrogens with one attached hydrogen (secondary N) is 1. The average molecular weight is 444 g/mol. The van der Waals surface area contributed by atoms with E-state index in [1.54, 1.807) is 54.6 Å². The van der Waals surface area contributed by atoms with Gasteiger partial charge in [-0.15, -0.1) is 11.8 Å². The second kappa shape index (κ2) is 9.97. The maximum absolute atomic E-state index is 12.9. The van der Waals surface area contributed by atoms with Crippen LogP contribution in [0, 0.1) is 0 Å². The molecule has 0 unspecified atom stereocenters. The topological polar surface area (TPSA) is 46.2 Å². The Balaban J connectivity index is 1.82. The van der Waals surface area contributed by atoms with Gasteiger partial charge >= 0.3 is 0 Å². The number of benzene rings is 3. The van der Waals surface area contributed by atoms with Gasteiger partial charge in [-0.25, -0.2) is 0 Å². The summed E-state index contributed by atoms with van der Waals surface area (Å²) >= 11 is 13.5. The third-order valence-corrected chi connectivity index (χ3v) is 6.14. The van der Waals surface area contributed by atoms with Crippen LogP contribution in [0.15, 0.2) is 77.7 Å². The van der Waals surface area contributed by atoms with Crippen LogP contribution in [0.25, 0.3) is 0 Å². The Morgan fingerprint density at radius 3 is 2.24 bits per heavy atom. The van der Waals surface area contributed by atoms with Crippen LogP contribution in [0.2, 0.25) is 10.0 Å². The molecule has 0 aliphatic heterocycles. The molecule has 0 heterocycles. The van der Waals surface area contributed by atoms with Crippen LogP contribution in [-0.2, 0) is 4.79 Å². The quantitative estimate of drug-likeness (QED) is 0.325. The highest BCUT2D eigenvalue weighted by atomic mass is 35.5. The van der Waals surface area contributed by atoms with Crippen LogP contribution < -0.4 is 5.32 Å². The van der Waals surface area contributed by atoms with E-state index in [1.807, 2.05) is 25.1 Å². The number of hydrogen-bond donors (Lipinski definition) is 1. The second-order valence-electron chi connectivity index (χ2n) is 6.34. The summed E-state index contributed by atoms with van der Waals surface area (Å²) < 4.78 is 0. The van der Waals surface area contributed by atoms with Crippen molar-refractivity contribution in [2.24, 2.45) is 0 Å². The van der Waals surface area contributed by atoms with Crippen LogP contribution >= 0.6 is 35.0 Å². The van der Waals surface area contributed by atoms with E-state index in [0.29, 0.717) is 33.3 Å². The molecule has 1 atom stereocenters. The van der Waals surface area contributed by atoms with Crippen LogP contribution in [0.5, 0.6) is 0 Å². The van der Waals surface area contributed by atoms with E-state index in [-0.39, 0.29) is 16.9 Å². The number of anilines is 1. The predicted octanol–water partition coefficient (Wildman–Crippen LogP) is 6.73. The van der Waals surface area contributed by atoms with Gasteiger partial charge in [0.05, 0.1) is 10.9 Å². The number of hydrogen-bond acceptors (Lipinski definition) is 3. The molecule has 3 nitrogen and oxygen atoms in total. The highest BCUT2D eigenvalue weighted by Crippen LogP contribution is 2.29. The first kappa shape index (κ1) is 21.4. The van der Waals surface area contributed by atoms with Crippen molar-refractivity contribution < 1.29 is 9.59 Å². The molecule has 0 aromatic heterocycles. The first-order valence-electron chi connectivity index (χ1n) is 9.10. The molecular weight excluding hydrogens is 425 g/mol. The van der Waals surface area contributed by atoms with E-state index in [1.165, 1.54) is 11.8 Å². The van der Waals surface area contributed by atoms with Crippen molar-refractivity contribution in [2.45, 2.75) is 23.5 Å². The van der Waals surface area contributed by atoms with Crippen LogP contribution in [0.4, 0.5) is 5.69 Å². The molecule has 1 amide bonds. The standard InChI is InChI=1S/C23H19Cl2NO2S/c1-2-21(29-18-11-8-16(24)9-12-18)23(28)26-20-13-10-17(25)14-19(20)22(27)15-6-4-3-5-7-15/h3-14,21H,2H2,1H3,(H,26,28)/t21-/m1/s1. The van der Waals surface area contributed by atoms with Gasteiger partial charge in [-0.2, -0.15) is 0 Å². The molecule has 0 bridgehead atoms. The maximum Gasteiger partial charge on any atom is 0.237 e. The predicted molar refractivity (Wildman–Crippen MR) is 121 cm³/mol. The normalized spacial score (nSPS) is 11.7. The highest BCUT2D eigenvalue weighted by molar-refractivity contribution is 8.00. The molecule has 0 saturated carbocycles. The molecule has 0 fully saturated rings. The summed E-state index contributed by atoms with van der Waals surface area (Å²) in [4.78, 5) is 26.8. The van der Waals surface area contributed by atoms with Crippen molar-refractivity contribution in [1.82, 2.24) is 0 Å². The van der Waals surface area contributed by atoms with E-state index >= 15 is 0 Å². The average Bonchev–Trinajstić information content (AvgIpc) is 2.74. The summed E-state index contributed by atoms with van der Waals surface area (Å²) in [5, 5.41) is 3.68. The summed E-state index contributed by atoms with van der Waals surface area (Å²) in [6.07, 6.45) is 0.634. The lowest BCUT2D eigenvalue weighted by molar-refractivity contribution is -0.115. The lowest BCUT2D eigenvalue weighted by Crippen LogP contribution is -2.25. The lowest BCUT2D eigenvalue weighted by Gasteiger charge is -2.17. The summed E-state index contributed by atoms with van der Waals surface area (Å²) in [6.45, 7) is 1.95. The molecule has 0 spiro atoms. The molecule has 3 aromatic rings. The zero-order valence-electron chi connectivity index (χ0n) is 15.7. The van der Waals surface area contributed by atoms with E-state index in [0.717, 1.165) is 4.90 Å². The van der Waals surface area contributed by atoms with Gasteiger partial charge in [-0.1, -0.05) is 60.5 Å². The van der Waals surface area contributed by atoms with Gasteiger partial charge in [0.2, 0.25) is 5.91 Å². The van der Waals surface area contributed by atoms with Gasteiger partial charge in [-0.3, -0.25) is 9.59 Å². The number of rotatable bonds is 7. The molecule has 148 valence electrons. The van der Waals surface area contributed by atoms with Crippen molar-refractivity contribution in [3.63, 3.8) is 0 Å². The summed E-state index contributed by atoms with van der Waals surface area (Å²) in [5.41, 5.74) is 1.35. The second-order valence-corrected chi connectivity index (χ2v) is 8.49. The largest absolute Gasteiger partial charge is 0.324 e. The molecule has 3 aromatic carbocycles. The first-order valence-corrected chi connectivity index (χ1v) is 10.7. The third kappa shape index (κ3) is 5.63.